The maximum absolute atomic E-state index is 12.1. The zero-order valence-corrected chi connectivity index (χ0v) is 11.8. The molecular formula is C11H15BrN2OS. The summed E-state index contributed by atoms with van der Waals surface area (Å²) in [6, 6.07) is 0. The fraction of sp³-hybridized carbons (Fsp3) is 0.636. The van der Waals surface area contributed by atoms with Gasteiger partial charge in [0.15, 0.2) is 0 Å². The van der Waals surface area contributed by atoms with Crippen molar-refractivity contribution in [3.05, 3.63) is 16.1 Å². The van der Waals surface area contributed by atoms with E-state index in [1.54, 1.807) is 5.51 Å². The van der Waals surface area contributed by atoms with E-state index in [2.05, 4.69) is 20.9 Å². The number of hydrogen-bond donors (Lipinski definition) is 0. The second-order valence-corrected chi connectivity index (χ2v) is 6.54. The molecule has 1 aromatic heterocycles. The van der Waals surface area contributed by atoms with E-state index in [-0.39, 0.29) is 5.91 Å². The smallest absolute Gasteiger partial charge is 0.265 e. The molecule has 1 aliphatic carbocycles. The van der Waals surface area contributed by atoms with Gasteiger partial charge >= 0.3 is 0 Å². The molecule has 1 aliphatic rings. The Bertz CT molecular complexity index is 387. The minimum Gasteiger partial charge on any atom is -0.341 e. The number of rotatable bonds is 3. The number of thiazole rings is 1. The summed E-state index contributed by atoms with van der Waals surface area (Å²) in [5, 5.41) is 0. The highest BCUT2D eigenvalue weighted by Gasteiger charge is 2.29. The highest BCUT2D eigenvalue weighted by Crippen LogP contribution is 2.33. The molecule has 0 unspecified atom stereocenters. The Kier molecular flexibility index (Phi) is 3.64. The summed E-state index contributed by atoms with van der Waals surface area (Å²) >= 11 is 4.99. The van der Waals surface area contributed by atoms with E-state index < -0.39 is 0 Å². The number of nitrogens with zero attached hydrogens (tertiary/aromatic N) is 2. The molecule has 1 heterocycles. The molecule has 0 spiro atoms. The monoisotopic (exact) mass is 302 g/mol. The molecule has 5 heteroatoms. The molecule has 1 aromatic rings. The third-order valence-corrected chi connectivity index (χ3v) is 4.66. The normalized spacial score (nSPS) is 23.9. The highest BCUT2D eigenvalue weighted by molar-refractivity contribution is 9.09. The number of aryl methyl sites for hydroxylation is 1. The van der Waals surface area contributed by atoms with Crippen molar-refractivity contribution >= 4 is 33.2 Å². The average molecular weight is 303 g/mol. The Morgan fingerprint density at radius 2 is 2.38 bits per heavy atom. The van der Waals surface area contributed by atoms with Crippen molar-refractivity contribution in [2.45, 2.75) is 24.6 Å². The fourth-order valence-corrected chi connectivity index (χ4v) is 3.81. The molecule has 0 saturated heterocycles. The summed E-state index contributed by atoms with van der Waals surface area (Å²) < 4.78 is 0. The summed E-state index contributed by atoms with van der Waals surface area (Å²) in [6.45, 7) is 2.74. The van der Waals surface area contributed by atoms with Crippen LogP contribution in [-0.2, 0) is 0 Å². The van der Waals surface area contributed by atoms with Gasteiger partial charge in [-0.05, 0) is 25.7 Å². The van der Waals surface area contributed by atoms with Gasteiger partial charge in [0.1, 0.15) is 4.88 Å². The van der Waals surface area contributed by atoms with Gasteiger partial charge in [0.25, 0.3) is 5.91 Å². The zero-order valence-electron chi connectivity index (χ0n) is 9.44. The summed E-state index contributed by atoms with van der Waals surface area (Å²) in [7, 11) is 1.88. The second kappa shape index (κ2) is 4.84. The van der Waals surface area contributed by atoms with Crippen molar-refractivity contribution in [3.63, 3.8) is 0 Å². The van der Waals surface area contributed by atoms with E-state index in [4.69, 9.17) is 0 Å². The zero-order chi connectivity index (χ0) is 11.7. The van der Waals surface area contributed by atoms with Gasteiger partial charge in [0, 0.05) is 18.4 Å². The SMILES string of the molecule is Cc1ncsc1C(=O)N(C)CC1CC(Br)C1. The predicted octanol–water partition coefficient (Wildman–Crippen LogP) is 2.70. The number of carbonyl (C=O) groups is 1. The highest BCUT2D eigenvalue weighted by atomic mass is 79.9. The lowest BCUT2D eigenvalue weighted by Gasteiger charge is -2.34. The Hall–Kier alpha value is -0.420. The van der Waals surface area contributed by atoms with Gasteiger partial charge in [0.05, 0.1) is 11.2 Å². The van der Waals surface area contributed by atoms with E-state index in [1.165, 1.54) is 24.2 Å². The lowest BCUT2D eigenvalue weighted by atomic mass is 9.85. The van der Waals surface area contributed by atoms with Gasteiger partial charge in [-0.15, -0.1) is 11.3 Å². The van der Waals surface area contributed by atoms with Crippen LogP contribution < -0.4 is 0 Å². The standard InChI is InChI=1S/C11H15BrN2OS/c1-7-10(16-6-13-7)11(15)14(2)5-8-3-9(12)4-8/h6,8-9H,3-5H2,1-2H3. The second-order valence-electron chi connectivity index (χ2n) is 4.39. The van der Waals surface area contributed by atoms with E-state index >= 15 is 0 Å². The summed E-state index contributed by atoms with van der Waals surface area (Å²) in [5.41, 5.74) is 2.57. The van der Waals surface area contributed by atoms with Crippen LogP contribution >= 0.6 is 27.3 Å². The van der Waals surface area contributed by atoms with Crippen molar-refractivity contribution in [2.75, 3.05) is 13.6 Å². The van der Waals surface area contributed by atoms with Crippen molar-refractivity contribution < 1.29 is 4.79 Å². The van der Waals surface area contributed by atoms with Crippen LogP contribution in [0.2, 0.25) is 0 Å². The first-order valence-corrected chi connectivity index (χ1v) is 7.17. The van der Waals surface area contributed by atoms with Crippen LogP contribution in [0, 0.1) is 12.8 Å². The summed E-state index contributed by atoms with van der Waals surface area (Å²) in [6.07, 6.45) is 2.36. The van der Waals surface area contributed by atoms with Crippen LogP contribution in [0.25, 0.3) is 0 Å². The summed E-state index contributed by atoms with van der Waals surface area (Å²) in [4.78, 5) is 19.4. The van der Waals surface area contributed by atoms with E-state index in [1.807, 2.05) is 18.9 Å². The molecule has 2 rings (SSSR count). The fourth-order valence-electron chi connectivity index (χ4n) is 1.95. The van der Waals surface area contributed by atoms with Crippen LogP contribution in [0.15, 0.2) is 5.51 Å². The van der Waals surface area contributed by atoms with Gasteiger partial charge in [-0.25, -0.2) is 4.98 Å². The number of amides is 1. The minimum atomic E-state index is 0.109. The van der Waals surface area contributed by atoms with Gasteiger partial charge in [-0.3, -0.25) is 4.79 Å². The van der Waals surface area contributed by atoms with E-state index in [9.17, 15) is 4.79 Å². The van der Waals surface area contributed by atoms with E-state index in [0.29, 0.717) is 10.7 Å². The van der Waals surface area contributed by atoms with Crippen molar-refractivity contribution in [3.8, 4) is 0 Å². The number of halogens is 1. The largest absolute Gasteiger partial charge is 0.341 e. The number of carbonyl (C=O) groups excluding carboxylic acids is 1. The van der Waals surface area contributed by atoms with Gasteiger partial charge in [0.2, 0.25) is 0 Å². The molecule has 0 radical (unpaired) electrons. The third-order valence-electron chi connectivity index (χ3n) is 3.00. The molecule has 0 aliphatic heterocycles. The topological polar surface area (TPSA) is 33.2 Å². The lowest BCUT2D eigenvalue weighted by Crippen LogP contribution is -2.37. The first kappa shape index (κ1) is 12.0. The number of alkyl halides is 1. The van der Waals surface area contributed by atoms with Crippen LogP contribution in [0.4, 0.5) is 0 Å². The molecule has 0 N–H and O–H groups in total. The van der Waals surface area contributed by atoms with Crippen LogP contribution in [0.5, 0.6) is 0 Å². The molecule has 3 nitrogen and oxygen atoms in total. The first-order valence-electron chi connectivity index (χ1n) is 5.37. The number of hydrogen-bond acceptors (Lipinski definition) is 3. The Morgan fingerprint density at radius 1 is 1.69 bits per heavy atom. The Morgan fingerprint density at radius 3 is 2.88 bits per heavy atom. The molecule has 0 bridgehead atoms. The molecule has 88 valence electrons. The first-order chi connectivity index (χ1) is 7.58. The maximum Gasteiger partial charge on any atom is 0.265 e. The molecule has 1 saturated carbocycles. The van der Waals surface area contributed by atoms with Crippen molar-refractivity contribution in [2.24, 2.45) is 5.92 Å². The molecule has 0 aromatic carbocycles. The number of aromatic nitrogens is 1. The third kappa shape index (κ3) is 2.46. The van der Waals surface area contributed by atoms with Crippen molar-refractivity contribution in [1.82, 2.24) is 9.88 Å². The van der Waals surface area contributed by atoms with Gasteiger partial charge < -0.3 is 4.90 Å². The van der Waals surface area contributed by atoms with Crippen LogP contribution in [0.1, 0.15) is 28.2 Å². The molecule has 1 amide bonds. The lowest BCUT2D eigenvalue weighted by molar-refractivity contribution is 0.0752. The van der Waals surface area contributed by atoms with Crippen molar-refractivity contribution in [1.29, 1.82) is 0 Å². The minimum absolute atomic E-state index is 0.109. The maximum atomic E-state index is 12.1. The predicted molar refractivity (Wildman–Crippen MR) is 69.3 cm³/mol. The van der Waals surface area contributed by atoms with Gasteiger partial charge in [-0.1, -0.05) is 15.9 Å². The Balaban J connectivity index is 1.92. The quantitative estimate of drug-likeness (QED) is 0.804. The summed E-state index contributed by atoms with van der Waals surface area (Å²) in [5.74, 6) is 0.768. The van der Waals surface area contributed by atoms with Crippen LogP contribution in [-0.4, -0.2) is 34.2 Å². The average Bonchev–Trinajstić information content (AvgIpc) is 2.61. The Labute approximate surface area is 108 Å². The molecule has 1 fully saturated rings. The molecule has 0 atom stereocenters. The molecule has 16 heavy (non-hydrogen) atoms. The van der Waals surface area contributed by atoms with Gasteiger partial charge in [-0.2, -0.15) is 0 Å². The van der Waals surface area contributed by atoms with E-state index in [0.717, 1.165) is 17.1 Å². The molecular weight excluding hydrogens is 288 g/mol. The van der Waals surface area contributed by atoms with Crippen LogP contribution in [0.3, 0.4) is 0 Å².